The van der Waals surface area contributed by atoms with Gasteiger partial charge >= 0.3 is 35.8 Å². The Bertz CT molecular complexity index is 2950. The van der Waals surface area contributed by atoms with Crippen molar-refractivity contribution < 1.29 is 62.0 Å². The molecule has 13 heteroatoms. The molecule has 0 fully saturated rings. The molecular formula is C55H34O13. The van der Waals surface area contributed by atoms with Crippen molar-refractivity contribution in [2.24, 2.45) is 0 Å². The van der Waals surface area contributed by atoms with Crippen molar-refractivity contribution in [2.45, 2.75) is 0 Å². The Morgan fingerprint density at radius 2 is 0.397 bits per heavy atom. The minimum absolute atomic E-state index is 0.0606. The fourth-order valence-electron chi connectivity index (χ4n) is 6.47. The number of ketones is 1. The van der Waals surface area contributed by atoms with Crippen LogP contribution in [-0.4, -0.2) is 41.6 Å². The van der Waals surface area contributed by atoms with Crippen molar-refractivity contribution in [3.63, 3.8) is 0 Å². The van der Waals surface area contributed by atoms with Gasteiger partial charge in [0, 0.05) is 12.1 Å². The third-order valence-corrected chi connectivity index (χ3v) is 9.85. The Balaban J connectivity index is 1.32. The molecule has 0 saturated carbocycles. The maximum Gasteiger partial charge on any atom is 0.343 e. The number of rotatable bonds is 14. The van der Waals surface area contributed by atoms with E-state index in [1.807, 2.05) is 0 Å². The van der Waals surface area contributed by atoms with Crippen LogP contribution in [-0.2, 0) is 0 Å². The van der Waals surface area contributed by atoms with E-state index in [0.717, 1.165) is 24.3 Å². The van der Waals surface area contributed by atoms with E-state index < -0.39 is 87.2 Å². The highest BCUT2D eigenvalue weighted by molar-refractivity contribution is 6.14. The normalized spacial score (nSPS) is 10.5. The van der Waals surface area contributed by atoms with Crippen molar-refractivity contribution in [3.8, 4) is 34.5 Å². The molecule has 8 aromatic rings. The monoisotopic (exact) mass is 902 g/mol. The molecular weight excluding hydrogens is 869 g/mol. The van der Waals surface area contributed by atoms with Gasteiger partial charge in [-0.2, -0.15) is 0 Å². The van der Waals surface area contributed by atoms with Gasteiger partial charge in [0.25, 0.3) is 0 Å². The van der Waals surface area contributed by atoms with Crippen LogP contribution in [0.25, 0.3) is 0 Å². The Hall–Kier alpha value is -9.75. The lowest BCUT2D eigenvalue weighted by atomic mass is 9.99. The van der Waals surface area contributed by atoms with Crippen LogP contribution in [0.15, 0.2) is 206 Å². The highest BCUT2D eigenvalue weighted by Gasteiger charge is 2.30. The van der Waals surface area contributed by atoms with Gasteiger partial charge in [0.15, 0.2) is 23.0 Å². The number of hydrogen-bond donors (Lipinski definition) is 0. The average molecular weight is 903 g/mol. The Kier molecular flexibility index (Phi) is 13.7. The van der Waals surface area contributed by atoms with E-state index in [4.69, 9.17) is 28.4 Å². The number of esters is 6. The Morgan fingerprint density at radius 1 is 0.221 bits per heavy atom. The molecule has 0 radical (unpaired) electrons. The SMILES string of the molecule is O=C(Oc1cc(OC(=O)c2ccccc2)c(C(=O)c2cc(OC(=O)c3ccccc3)c(OC(=O)c3ccccc3)cc2OC(=O)c2ccccc2)cc1OC(=O)c1ccccc1)c1ccccc1. The summed E-state index contributed by atoms with van der Waals surface area (Å²) in [7, 11) is 0. The molecule has 0 N–H and O–H groups in total. The van der Waals surface area contributed by atoms with E-state index in [1.165, 1.54) is 72.8 Å². The lowest BCUT2D eigenvalue weighted by Gasteiger charge is -2.18. The zero-order valence-corrected chi connectivity index (χ0v) is 35.4. The Labute approximate surface area is 387 Å². The molecule has 0 unspecified atom stereocenters. The minimum Gasteiger partial charge on any atom is -0.422 e. The van der Waals surface area contributed by atoms with Gasteiger partial charge in [-0.3, -0.25) is 4.79 Å². The average Bonchev–Trinajstić information content (AvgIpc) is 3.38. The van der Waals surface area contributed by atoms with Crippen molar-refractivity contribution in [3.05, 3.63) is 251 Å². The minimum atomic E-state index is -1.08. The smallest absolute Gasteiger partial charge is 0.343 e. The van der Waals surface area contributed by atoms with Gasteiger partial charge in [0.05, 0.1) is 44.5 Å². The number of ether oxygens (including phenoxy) is 6. The van der Waals surface area contributed by atoms with E-state index in [9.17, 15) is 28.8 Å². The second-order valence-corrected chi connectivity index (χ2v) is 14.5. The molecule has 68 heavy (non-hydrogen) atoms. The molecule has 0 bridgehead atoms. The molecule has 0 aliphatic heterocycles. The van der Waals surface area contributed by atoms with Gasteiger partial charge in [-0.15, -0.1) is 0 Å². The number of carbonyl (C=O) groups excluding carboxylic acids is 7. The fraction of sp³-hybridized carbons (Fsp3) is 0. The molecule has 0 aromatic heterocycles. The third-order valence-electron chi connectivity index (χ3n) is 9.85. The summed E-state index contributed by atoms with van der Waals surface area (Å²) < 4.78 is 34.8. The second kappa shape index (κ2) is 20.8. The van der Waals surface area contributed by atoms with Gasteiger partial charge in [0.2, 0.25) is 5.78 Å². The second-order valence-electron chi connectivity index (χ2n) is 14.5. The summed E-state index contributed by atoms with van der Waals surface area (Å²) >= 11 is 0. The van der Waals surface area contributed by atoms with Crippen LogP contribution >= 0.6 is 0 Å². The molecule has 0 aliphatic rings. The van der Waals surface area contributed by atoms with Crippen molar-refractivity contribution in [1.29, 1.82) is 0 Å². The summed E-state index contributed by atoms with van der Waals surface area (Å²) in [6.45, 7) is 0. The van der Waals surface area contributed by atoms with E-state index in [1.54, 1.807) is 109 Å². The van der Waals surface area contributed by atoms with Crippen molar-refractivity contribution in [2.75, 3.05) is 0 Å². The molecule has 0 amide bonds. The first-order valence-electron chi connectivity index (χ1n) is 20.7. The maximum atomic E-state index is 15.4. The van der Waals surface area contributed by atoms with E-state index >= 15 is 4.79 Å². The zero-order valence-electron chi connectivity index (χ0n) is 35.4. The number of carbonyl (C=O) groups is 7. The lowest BCUT2D eigenvalue weighted by molar-refractivity contribution is 0.0678. The highest BCUT2D eigenvalue weighted by Crippen LogP contribution is 2.42. The molecule has 8 rings (SSSR count). The molecule has 8 aromatic carbocycles. The van der Waals surface area contributed by atoms with Crippen LogP contribution in [0.1, 0.15) is 78.1 Å². The standard InChI is InChI=1S/C55H34O13/c56-49(41-31-45(65-52(59)37-23-11-3-12-24-37)47(67-54(61)39-27-15-5-16-28-39)33-43(41)63-50(57)35-19-7-1-8-20-35)42-32-46(66-53(60)38-25-13-4-14-26-38)48(68-55(62)40-29-17-6-18-30-40)34-44(42)64-51(58)36-21-9-2-10-22-36/h1-34H. The summed E-state index contributed by atoms with van der Waals surface area (Å²) in [5.74, 6) is -9.48. The number of benzene rings is 8. The predicted octanol–water partition coefficient (Wildman–Crippen LogP) is 10.2. The zero-order chi connectivity index (χ0) is 47.4. The van der Waals surface area contributed by atoms with Gasteiger partial charge in [-0.1, -0.05) is 109 Å². The van der Waals surface area contributed by atoms with Crippen molar-refractivity contribution >= 4 is 41.6 Å². The van der Waals surface area contributed by atoms with Gasteiger partial charge < -0.3 is 28.4 Å². The van der Waals surface area contributed by atoms with Gasteiger partial charge in [-0.25, -0.2) is 28.8 Å². The first-order valence-corrected chi connectivity index (χ1v) is 20.7. The quantitative estimate of drug-likeness (QED) is 0.0573. The number of hydrogen-bond acceptors (Lipinski definition) is 13. The molecule has 332 valence electrons. The van der Waals surface area contributed by atoms with Crippen molar-refractivity contribution in [1.82, 2.24) is 0 Å². The summed E-state index contributed by atoms with van der Waals surface area (Å²) in [5, 5.41) is 0. The fourth-order valence-corrected chi connectivity index (χ4v) is 6.47. The van der Waals surface area contributed by atoms with Crippen LogP contribution in [0, 0.1) is 0 Å². The van der Waals surface area contributed by atoms with Crippen LogP contribution in [0.3, 0.4) is 0 Å². The maximum absolute atomic E-state index is 15.4. The first-order chi connectivity index (χ1) is 33.1. The molecule has 13 nitrogen and oxygen atoms in total. The van der Waals surface area contributed by atoms with E-state index in [2.05, 4.69) is 0 Å². The van der Waals surface area contributed by atoms with E-state index in [-0.39, 0.29) is 33.4 Å². The van der Waals surface area contributed by atoms with E-state index in [0.29, 0.717) is 0 Å². The molecule has 0 heterocycles. The molecule has 0 spiro atoms. The van der Waals surface area contributed by atoms with Crippen LogP contribution in [0.2, 0.25) is 0 Å². The summed E-state index contributed by atoms with van der Waals surface area (Å²) in [6.07, 6.45) is 0. The highest BCUT2D eigenvalue weighted by atomic mass is 16.6. The Morgan fingerprint density at radius 3 is 0.603 bits per heavy atom. The third kappa shape index (κ3) is 10.8. The van der Waals surface area contributed by atoms with Crippen LogP contribution < -0.4 is 28.4 Å². The lowest BCUT2D eigenvalue weighted by Crippen LogP contribution is -2.18. The van der Waals surface area contributed by atoms with Crippen LogP contribution in [0.4, 0.5) is 0 Å². The first kappa shape index (κ1) is 44.8. The molecule has 0 atom stereocenters. The summed E-state index contributed by atoms with van der Waals surface area (Å²) in [5.41, 5.74) is -0.512. The summed E-state index contributed by atoms with van der Waals surface area (Å²) in [4.78, 5) is 97.3. The van der Waals surface area contributed by atoms with Gasteiger partial charge in [0.1, 0.15) is 11.5 Å². The molecule has 0 aliphatic carbocycles. The van der Waals surface area contributed by atoms with Crippen LogP contribution in [0.5, 0.6) is 34.5 Å². The topological polar surface area (TPSA) is 175 Å². The van der Waals surface area contributed by atoms with Gasteiger partial charge in [-0.05, 0) is 84.9 Å². The predicted molar refractivity (Wildman–Crippen MR) is 245 cm³/mol. The summed E-state index contributed by atoms with van der Waals surface area (Å²) in [6, 6.07) is 50.9. The molecule has 0 saturated heterocycles. The largest absolute Gasteiger partial charge is 0.422 e.